The Labute approximate surface area is 127 Å². The number of halogens is 1. The molecule has 3 rings (SSSR count). The minimum absolute atomic E-state index is 0.0641. The Bertz CT molecular complexity index is 818. The molecule has 8 nitrogen and oxygen atoms in total. The lowest BCUT2D eigenvalue weighted by molar-refractivity contribution is -0.385. The highest BCUT2D eigenvalue weighted by molar-refractivity contribution is 9.10. The average Bonchev–Trinajstić information content (AvgIpc) is 2.94. The van der Waals surface area contributed by atoms with Crippen molar-refractivity contribution in [1.29, 1.82) is 0 Å². The quantitative estimate of drug-likeness (QED) is 0.574. The zero-order valence-electron chi connectivity index (χ0n) is 10.6. The molecule has 0 fully saturated rings. The van der Waals surface area contributed by atoms with Gasteiger partial charge in [0.1, 0.15) is 12.0 Å². The van der Waals surface area contributed by atoms with Crippen LogP contribution >= 0.6 is 15.9 Å². The Morgan fingerprint density at radius 2 is 2.19 bits per heavy atom. The van der Waals surface area contributed by atoms with Crippen LogP contribution in [0.15, 0.2) is 41.3 Å². The smallest absolute Gasteiger partial charge is 0.288 e. The largest absolute Gasteiger partial charge is 0.363 e. The van der Waals surface area contributed by atoms with Gasteiger partial charge in [0.2, 0.25) is 0 Å². The number of pyridine rings is 1. The minimum atomic E-state index is -0.488. The first-order chi connectivity index (χ1) is 10.1. The Kier molecular flexibility index (Phi) is 3.48. The lowest BCUT2D eigenvalue weighted by Crippen LogP contribution is -2.08. The van der Waals surface area contributed by atoms with Crippen LogP contribution in [0, 0.1) is 10.1 Å². The van der Waals surface area contributed by atoms with E-state index in [2.05, 4.69) is 36.3 Å². The van der Waals surface area contributed by atoms with E-state index in [4.69, 9.17) is 0 Å². The molecule has 1 N–H and O–H groups in total. The molecular weight excluding hydrogens is 340 g/mol. The van der Waals surface area contributed by atoms with Crippen molar-refractivity contribution < 1.29 is 4.92 Å². The molecule has 0 atom stereocenters. The van der Waals surface area contributed by atoms with Crippen LogP contribution in [-0.4, -0.2) is 24.5 Å². The van der Waals surface area contributed by atoms with Crippen molar-refractivity contribution in [3.8, 4) is 0 Å². The van der Waals surface area contributed by atoms with E-state index in [9.17, 15) is 10.1 Å². The summed E-state index contributed by atoms with van der Waals surface area (Å²) in [5.41, 5.74) is 1.59. The summed E-state index contributed by atoms with van der Waals surface area (Å²) in [6, 6.07) is 5.06. The number of aromatic nitrogens is 4. The summed E-state index contributed by atoms with van der Waals surface area (Å²) in [7, 11) is 0. The number of hydrogen-bond acceptors (Lipinski definition) is 6. The topological polar surface area (TPSA) is 98.2 Å². The Morgan fingerprint density at radius 3 is 2.95 bits per heavy atom. The second-order valence-corrected chi connectivity index (χ2v) is 5.03. The molecule has 0 saturated heterocycles. The fourth-order valence-electron chi connectivity index (χ4n) is 1.85. The van der Waals surface area contributed by atoms with Crippen LogP contribution in [-0.2, 0) is 6.54 Å². The molecule has 3 aromatic rings. The van der Waals surface area contributed by atoms with Gasteiger partial charge in [-0.25, -0.2) is 14.5 Å². The zero-order chi connectivity index (χ0) is 14.8. The number of nitro groups is 1. The number of rotatable bonds is 4. The molecule has 0 saturated carbocycles. The second kappa shape index (κ2) is 5.44. The van der Waals surface area contributed by atoms with Crippen LogP contribution in [0.3, 0.4) is 0 Å². The average molecular weight is 349 g/mol. The zero-order valence-corrected chi connectivity index (χ0v) is 12.2. The molecule has 0 amide bonds. The molecule has 9 heteroatoms. The monoisotopic (exact) mass is 348 g/mol. The third-order valence-corrected chi connectivity index (χ3v) is 3.45. The van der Waals surface area contributed by atoms with Crippen LogP contribution in [0.1, 0.15) is 5.69 Å². The van der Waals surface area contributed by atoms with Crippen LogP contribution in [0.2, 0.25) is 0 Å². The van der Waals surface area contributed by atoms with Crippen LogP contribution < -0.4 is 5.32 Å². The molecule has 21 heavy (non-hydrogen) atoms. The van der Waals surface area contributed by atoms with Gasteiger partial charge in [-0.2, -0.15) is 5.10 Å². The summed E-state index contributed by atoms with van der Waals surface area (Å²) in [5, 5.41) is 18.0. The number of anilines is 1. The number of hydrogen-bond donors (Lipinski definition) is 1. The maximum Gasteiger partial charge on any atom is 0.288 e. The van der Waals surface area contributed by atoms with Crippen molar-refractivity contribution in [1.82, 2.24) is 19.6 Å². The van der Waals surface area contributed by atoms with E-state index in [0.29, 0.717) is 16.8 Å². The maximum absolute atomic E-state index is 10.7. The van der Waals surface area contributed by atoms with Crippen LogP contribution in [0.4, 0.5) is 11.5 Å². The second-order valence-electron chi connectivity index (χ2n) is 4.17. The van der Waals surface area contributed by atoms with E-state index in [1.807, 2.05) is 12.1 Å². The molecular formula is C12H9BrN6O2. The van der Waals surface area contributed by atoms with Crippen molar-refractivity contribution >= 4 is 33.1 Å². The molecule has 3 heterocycles. The van der Waals surface area contributed by atoms with Gasteiger partial charge >= 0.3 is 0 Å². The number of fused-ring (bicyclic) bond motifs is 1. The van der Waals surface area contributed by atoms with Crippen molar-refractivity contribution in [2.45, 2.75) is 6.54 Å². The predicted molar refractivity (Wildman–Crippen MR) is 78.9 cm³/mol. The Balaban J connectivity index is 1.82. The van der Waals surface area contributed by atoms with E-state index in [1.165, 1.54) is 12.3 Å². The van der Waals surface area contributed by atoms with Crippen molar-refractivity contribution in [3.05, 3.63) is 57.1 Å². The van der Waals surface area contributed by atoms with E-state index < -0.39 is 4.92 Å². The highest BCUT2D eigenvalue weighted by Gasteiger charge is 2.11. The summed E-state index contributed by atoms with van der Waals surface area (Å²) in [5.74, 6) is 0.526. The van der Waals surface area contributed by atoms with Crippen molar-refractivity contribution in [2.75, 3.05) is 5.32 Å². The SMILES string of the molecule is O=[N+]([O-])c1cnc(NCc2ccnc3ccnn23)c(Br)c1. The van der Waals surface area contributed by atoms with Gasteiger partial charge in [-0.3, -0.25) is 10.1 Å². The molecule has 0 spiro atoms. The summed E-state index contributed by atoms with van der Waals surface area (Å²) in [6.07, 6.45) is 4.58. The molecule has 0 radical (unpaired) electrons. The highest BCUT2D eigenvalue weighted by Crippen LogP contribution is 2.24. The van der Waals surface area contributed by atoms with Crippen molar-refractivity contribution in [3.63, 3.8) is 0 Å². The van der Waals surface area contributed by atoms with Gasteiger partial charge in [-0.05, 0) is 22.0 Å². The lowest BCUT2D eigenvalue weighted by atomic mass is 10.3. The highest BCUT2D eigenvalue weighted by atomic mass is 79.9. The molecule has 0 aliphatic rings. The van der Waals surface area contributed by atoms with Crippen LogP contribution in [0.5, 0.6) is 0 Å². The molecule has 0 aromatic carbocycles. The van der Waals surface area contributed by atoms with Gasteiger partial charge in [-0.1, -0.05) is 0 Å². The van der Waals surface area contributed by atoms with Gasteiger partial charge < -0.3 is 5.32 Å². The van der Waals surface area contributed by atoms with Gasteiger partial charge in [-0.15, -0.1) is 0 Å². The molecule has 0 bridgehead atoms. The van der Waals surface area contributed by atoms with E-state index in [0.717, 1.165) is 11.3 Å². The summed E-state index contributed by atoms with van der Waals surface area (Å²) < 4.78 is 2.24. The molecule has 0 unspecified atom stereocenters. The number of nitrogens with zero attached hydrogens (tertiary/aromatic N) is 5. The van der Waals surface area contributed by atoms with Gasteiger partial charge in [0.15, 0.2) is 5.65 Å². The standard InChI is InChI=1S/C12H9BrN6O2/c13-10-5-9(19(20)21)7-16-12(10)15-6-8-1-3-14-11-2-4-17-18(8)11/h1-5,7H,6H2,(H,15,16). The first-order valence-electron chi connectivity index (χ1n) is 5.96. The third kappa shape index (κ3) is 2.68. The fourth-order valence-corrected chi connectivity index (χ4v) is 2.33. The predicted octanol–water partition coefficient (Wildman–Crippen LogP) is 2.41. The Hall–Kier alpha value is -2.55. The van der Waals surface area contributed by atoms with E-state index >= 15 is 0 Å². The molecule has 0 aliphatic carbocycles. The van der Waals surface area contributed by atoms with E-state index in [1.54, 1.807) is 16.9 Å². The number of nitrogens with one attached hydrogen (secondary N) is 1. The van der Waals surface area contributed by atoms with Crippen LogP contribution in [0.25, 0.3) is 5.65 Å². The summed E-state index contributed by atoms with van der Waals surface area (Å²) in [4.78, 5) is 18.4. The minimum Gasteiger partial charge on any atom is -0.363 e. The summed E-state index contributed by atoms with van der Waals surface area (Å²) in [6.45, 7) is 0.462. The van der Waals surface area contributed by atoms with Gasteiger partial charge in [0.25, 0.3) is 5.69 Å². The fraction of sp³-hybridized carbons (Fsp3) is 0.0833. The molecule has 3 aromatic heterocycles. The lowest BCUT2D eigenvalue weighted by Gasteiger charge is -2.08. The van der Waals surface area contributed by atoms with Crippen molar-refractivity contribution in [2.24, 2.45) is 0 Å². The van der Waals surface area contributed by atoms with Gasteiger partial charge in [0.05, 0.1) is 27.8 Å². The third-order valence-electron chi connectivity index (χ3n) is 2.84. The Morgan fingerprint density at radius 1 is 1.33 bits per heavy atom. The summed E-state index contributed by atoms with van der Waals surface area (Å²) >= 11 is 3.27. The van der Waals surface area contributed by atoms with E-state index in [-0.39, 0.29) is 5.69 Å². The normalized spacial score (nSPS) is 10.7. The first kappa shape index (κ1) is 13.4. The maximum atomic E-state index is 10.7. The first-order valence-corrected chi connectivity index (χ1v) is 6.76. The van der Waals surface area contributed by atoms with Gasteiger partial charge in [0, 0.05) is 18.3 Å². The molecule has 106 valence electrons. The molecule has 0 aliphatic heterocycles.